The summed E-state index contributed by atoms with van der Waals surface area (Å²) in [5.41, 5.74) is 0. The van der Waals surface area contributed by atoms with E-state index in [9.17, 15) is 14.4 Å². The maximum Gasteiger partial charge on any atom is 0.317 e. The lowest BCUT2D eigenvalue weighted by Crippen LogP contribution is -2.37. The van der Waals surface area contributed by atoms with E-state index in [0.717, 1.165) is 12.8 Å². The fourth-order valence-corrected chi connectivity index (χ4v) is 1.94. The molecule has 0 aromatic heterocycles. The Bertz CT molecular complexity index is 311. The van der Waals surface area contributed by atoms with Crippen LogP contribution in [-0.4, -0.2) is 30.9 Å². The second-order valence-corrected chi connectivity index (χ2v) is 4.34. The Morgan fingerprint density at radius 1 is 0.947 bits per heavy atom. The molecule has 0 aliphatic rings. The van der Waals surface area contributed by atoms with Crippen LogP contribution >= 0.6 is 0 Å². The SMILES string of the molecule is CCCCC(C(=O)OCC)C(C(C)=O)C(=O)OCC. The van der Waals surface area contributed by atoms with Gasteiger partial charge in [0.2, 0.25) is 0 Å². The molecule has 2 unspecified atom stereocenters. The molecule has 0 bridgehead atoms. The highest BCUT2D eigenvalue weighted by molar-refractivity contribution is 6.01. The average Bonchev–Trinajstić information content (AvgIpc) is 2.34. The van der Waals surface area contributed by atoms with E-state index in [1.54, 1.807) is 13.8 Å². The van der Waals surface area contributed by atoms with Crippen molar-refractivity contribution in [3.05, 3.63) is 0 Å². The van der Waals surface area contributed by atoms with Crippen LogP contribution in [0.2, 0.25) is 0 Å². The van der Waals surface area contributed by atoms with Crippen molar-refractivity contribution in [3.63, 3.8) is 0 Å². The molecule has 0 rings (SSSR count). The summed E-state index contributed by atoms with van der Waals surface area (Å²) in [6, 6.07) is 0. The Kier molecular flexibility index (Phi) is 8.83. The minimum atomic E-state index is -1.05. The summed E-state index contributed by atoms with van der Waals surface area (Å²) in [4.78, 5) is 35.4. The molecule has 0 fully saturated rings. The number of ether oxygens (including phenoxy) is 2. The lowest BCUT2D eigenvalue weighted by molar-refractivity contribution is -0.163. The van der Waals surface area contributed by atoms with Crippen LogP contribution in [-0.2, 0) is 23.9 Å². The van der Waals surface area contributed by atoms with Gasteiger partial charge in [0.25, 0.3) is 0 Å². The highest BCUT2D eigenvalue weighted by atomic mass is 16.5. The van der Waals surface area contributed by atoms with E-state index < -0.39 is 23.8 Å². The second kappa shape index (κ2) is 9.53. The minimum Gasteiger partial charge on any atom is -0.466 e. The summed E-state index contributed by atoms with van der Waals surface area (Å²) in [6.45, 7) is 7.07. The Labute approximate surface area is 114 Å². The van der Waals surface area contributed by atoms with E-state index >= 15 is 0 Å². The van der Waals surface area contributed by atoms with Gasteiger partial charge in [-0.25, -0.2) is 0 Å². The van der Waals surface area contributed by atoms with Crippen molar-refractivity contribution in [2.75, 3.05) is 13.2 Å². The van der Waals surface area contributed by atoms with Gasteiger partial charge in [-0.15, -0.1) is 0 Å². The number of hydrogen-bond acceptors (Lipinski definition) is 5. The van der Waals surface area contributed by atoms with Crippen LogP contribution in [0.4, 0.5) is 0 Å². The van der Waals surface area contributed by atoms with Gasteiger partial charge < -0.3 is 9.47 Å². The quantitative estimate of drug-likeness (QED) is 0.475. The molecule has 19 heavy (non-hydrogen) atoms. The van der Waals surface area contributed by atoms with Crippen molar-refractivity contribution in [2.24, 2.45) is 11.8 Å². The molecule has 0 N–H and O–H groups in total. The maximum atomic E-state index is 11.9. The predicted octanol–water partition coefficient (Wildman–Crippen LogP) is 2.12. The Morgan fingerprint density at radius 2 is 1.47 bits per heavy atom. The normalized spacial score (nSPS) is 13.5. The standard InChI is InChI=1S/C14H24O5/c1-5-8-9-11(13(16)18-6-2)12(10(4)15)14(17)19-7-3/h11-12H,5-9H2,1-4H3. The number of Topliss-reactive ketones (excluding diaryl/α,β-unsaturated/α-hetero) is 1. The zero-order valence-electron chi connectivity index (χ0n) is 12.2. The monoisotopic (exact) mass is 272 g/mol. The highest BCUT2D eigenvalue weighted by Crippen LogP contribution is 2.23. The molecule has 0 aliphatic heterocycles. The van der Waals surface area contributed by atoms with Crippen LogP contribution in [0.3, 0.4) is 0 Å². The third-order valence-corrected chi connectivity index (χ3v) is 2.84. The van der Waals surface area contributed by atoms with Gasteiger partial charge in [0.05, 0.1) is 19.1 Å². The van der Waals surface area contributed by atoms with Crippen LogP contribution < -0.4 is 0 Å². The fourth-order valence-electron chi connectivity index (χ4n) is 1.94. The third-order valence-electron chi connectivity index (χ3n) is 2.84. The molecule has 5 heteroatoms. The van der Waals surface area contributed by atoms with Gasteiger partial charge in [-0.1, -0.05) is 19.8 Å². The van der Waals surface area contributed by atoms with Crippen molar-refractivity contribution in [1.29, 1.82) is 0 Å². The maximum absolute atomic E-state index is 11.9. The van der Waals surface area contributed by atoms with Crippen molar-refractivity contribution in [2.45, 2.75) is 47.0 Å². The molecular formula is C14H24O5. The molecule has 0 aliphatic carbocycles. The van der Waals surface area contributed by atoms with Crippen molar-refractivity contribution >= 4 is 17.7 Å². The van der Waals surface area contributed by atoms with Crippen LogP contribution in [0.25, 0.3) is 0 Å². The topological polar surface area (TPSA) is 69.7 Å². The molecule has 0 aromatic rings. The van der Waals surface area contributed by atoms with E-state index in [1.165, 1.54) is 6.92 Å². The number of unbranched alkanes of at least 4 members (excludes halogenated alkanes) is 1. The van der Waals surface area contributed by atoms with Gasteiger partial charge in [-0.2, -0.15) is 0 Å². The summed E-state index contributed by atoms with van der Waals surface area (Å²) >= 11 is 0. The summed E-state index contributed by atoms with van der Waals surface area (Å²) in [7, 11) is 0. The van der Waals surface area contributed by atoms with Gasteiger partial charge in [0, 0.05) is 0 Å². The smallest absolute Gasteiger partial charge is 0.317 e. The molecule has 0 aromatic carbocycles. The Balaban J connectivity index is 5.06. The van der Waals surface area contributed by atoms with Gasteiger partial charge >= 0.3 is 11.9 Å². The number of carbonyl (C=O) groups excluding carboxylic acids is 3. The number of ketones is 1. The summed E-state index contributed by atoms with van der Waals surface area (Å²) < 4.78 is 9.85. The largest absolute Gasteiger partial charge is 0.466 e. The summed E-state index contributed by atoms with van der Waals surface area (Å²) in [6.07, 6.45) is 2.09. The van der Waals surface area contributed by atoms with Crippen molar-refractivity contribution in [3.8, 4) is 0 Å². The second-order valence-electron chi connectivity index (χ2n) is 4.34. The number of esters is 2. The molecule has 0 spiro atoms. The average molecular weight is 272 g/mol. The molecule has 0 amide bonds. The van der Waals surface area contributed by atoms with Crippen LogP contribution in [0.5, 0.6) is 0 Å². The van der Waals surface area contributed by atoms with Crippen LogP contribution in [0, 0.1) is 11.8 Å². The van der Waals surface area contributed by atoms with Crippen molar-refractivity contribution < 1.29 is 23.9 Å². The molecular weight excluding hydrogens is 248 g/mol. The van der Waals surface area contributed by atoms with E-state index in [2.05, 4.69) is 0 Å². The van der Waals surface area contributed by atoms with Gasteiger partial charge in [0.15, 0.2) is 0 Å². The fraction of sp³-hybridized carbons (Fsp3) is 0.786. The summed E-state index contributed by atoms with van der Waals surface area (Å²) in [5.74, 6) is -3.28. The first-order valence-corrected chi connectivity index (χ1v) is 6.83. The minimum absolute atomic E-state index is 0.186. The van der Waals surface area contributed by atoms with Crippen LogP contribution in [0.15, 0.2) is 0 Å². The zero-order valence-corrected chi connectivity index (χ0v) is 12.2. The number of carbonyl (C=O) groups is 3. The number of rotatable bonds is 9. The molecule has 5 nitrogen and oxygen atoms in total. The lowest BCUT2D eigenvalue weighted by atomic mass is 9.85. The van der Waals surface area contributed by atoms with E-state index in [1.807, 2.05) is 6.92 Å². The summed E-state index contributed by atoms with van der Waals surface area (Å²) in [5, 5.41) is 0. The van der Waals surface area contributed by atoms with E-state index in [-0.39, 0.29) is 19.0 Å². The molecule has 2 atom stereocenters. The third kappa shape index (κ3) is 5.85. The lowest BCUT2D eigenvalue weighted by Gasteiger charge is -2.22. The number of hydrogen-bond donors (Lipinski definition) is 0. The van der Waals surface area contributed by atoms with Crippen LogP contribution in [0.1, 0.15) is 47.0 Å². The van der Waals surface area contributed by atoms with Gasteiger partial charge in [0.1, 0.15) is 11.7 Å². The Morgan fingerprint density at radius 3 is 1.89 bits per heavy atom. The molecule has 0 heterocycles. The predicted molar refractivity (Wildman–Crippen MR) is 70.5 cm³/mol. The highest BCUT2D eigenvalue weighted by Gasteiger charge is 2.38. The Hall–Kier alpha value is -1.39. The first kappa shape index (κ1) is 17.6. The molecule has 110 valence electrons. The van der Waals surface area contributed by atoms with Gasteiger partial charge in [-0.05, 0) is 27.2 Å². The zero-order chi connectivity index (χ0) is 14.8. The first-order chi connectivity index (χ1) is 8.99. The molecule has 0 radical (unpaired) electrons. The molecule has 0 saturated heterocycles. The van der Waals surface area contributed by atoms with E-state index in [0.29, 0.717) is 6.42 Å². The first-order valence-electron chi connectivity index (χ1n) is 6.83. The van der Waals surface area contributed by atoms with Gasteiger partial charge in [-0.3, -0.25) is 14.4 Å². The molecule has 0 saturated carbocycles. The van der Waals surface area contributed by atoms with E-state index in [4.69, 9.17) is 9.47 Å². The van der Waals surface area contributed by atoms with Crippen molar-refractivity contribution in [1.82, 2.24) is 0 Å².